The molecule has 0 aliphatic heterocycles. The topological polar surface area (TPSA) is 0 Å². The van der Waals surface area contributed by atoms with Crippen molar-refractivity contribution in [2.75, 3.05) is 0 Å². The van der Waals surface area contributed by atoms with E-state index in [1.807, 2.05) is 20.3 Å². The molecule has 0 aromatic heterocycles. The normalized spacial score (nSPS) is 3.10. The SMILES string of the molecule is C=[C-]C.C[CH-]C.[Br-].[Cl-].[Mg+2].[Mg+2]. The van der Waals surface area contributed by atoms with Crippen molar-refractivity contribution >= 4 is 46.1 Å². The van der Waals surface area contributed by atoms with Gasteiger partial charge in [-0.05, 0) is 0 Å². The first kappa shape index (κ1) is 40.2. The maximum Gasteiger partial charge on any atom is 2.00 e. The van der Waals surface area contributed by atoms with Crippen LogP contribution in [-0.2, 0) is 0 Å². The number of hydrogen-bond donors (Lipinski definition) is 0. The molecular weight excluding hydrogens is 236 g/mol. The minimum Gasteiger partial charge on any atom is -1.00 e. The van der Waals surface area contributed by atoms with Gasteiger partial charge in [0, 0.05) is 0 Å². The van der Waals surface area contributed by atoms with Gasteiger partial charge in [-0.1, -0.05) is 0 Å². The average molecular weight is 248 g/mol. The summed E-state index contributed by atoms with van der Waals surface area (Å²) in [5.41, 5.74) is 0. The number of rotatable bonds is 0. The molecule has 0 heterocycles. The molecule has 0 N–H and O–H groups in total. The van der Waals surface area contributed by atoms with E-state index in [1.165, 1.54) is 0 Å². The summed E-state index contributed by atoms with van der Waals surface area (Å²) in [5, 5.41) is 0. The Balaban J connectivity index is -0.00000000571. The molecule has 0 aliphatic rings. The van der Waals surface area contributed by atoms with Crippen LogP contribution < -0.4 is 29.4 Å². The Labute approximate surface area is 114 Å². The first-order valence-corrected chi connectivity index (χ1v) is 2.01. The second-order valence-corrected chi connectivity index (χ2v) is 0.931. The van der Waals surface area contributed by atoms with Crippen molar-refractivity contribution in [3.8, 4) is 0 Å². The van der Waals surface area contributed by atoms with Gasteiger partial charge in [0.1, 0.15) is 0 Å². The third-order valence-corrected chi connectivity index (χ3v) is 0. The summed E-state index contributed by atoms with van der Waals surface area (Å²) in [6, 6.07) is 0. The molecule has 10 heavy (non-hydrogen) atoms. The van der Waals surface area contributed by atoms with Crippen molar-refractivity contribution in [2.24, 2.45) is 0 Å². The minimum absolute atomic E-state index is 0. The number of halogens is 2. The van der Waals surface area contributed by atoms with Crippen LogP contribution in [0.4, 0.5) is 0 Å². The van der Waals surface area contributed by atoms with Crippen molar-refractivity contribution in [1.82, 2.24) is 0 Å². The summed E-state index contributed by atoms with van der Waals surface area (Å²) in [6.45, 7) is 9.00. The third-order valence-electron chi connectivity index (χ3n) is 0. The quantitative estimate of drug-likeness (QED) is 0.299. The van der Waals surface area contributed by atoms with E-state index < -0.39 is 0 Å². The molecule has 0 bridgehead atoms. The molecule has 0 radical (unpaired) electrons. The van der Waals surface area contributed by atoms with E-state index in [2.05, 4.69) is 12.7 Å². The Bertz CT molecular complexity index is 29.7. The molecule has 0 atom stereocenters. The predicted octanol–water partition coefficient (Wildman–Crippen LogP) is -4.53. The Morgan fingerprint density at radius 3 is 1.20 bits per heavy atom. The van der Waals surface area contributed by atoms with Gasteiger partial charge in [-0.15, -0.1) is 0 Å². The van der Waals surface area contributed by atoms with Gasteiger partial charge in [-0.25, -0.2) is 0 Å². The van der Waals surface area contributed by atoms with Gasteiger partial charge in [0.2, 0.25) is 0 Å². The molecule has 0 amide bonds. The molecule has 0 saturated heterocycles. The van der Waals surface area contributed by atoms with Crippen molar-refractivity contribution in [3.63, 3.8) is 0 Å². The fourth-order valence-corrected chi connectivity index (χ4v) is 0. The Hall–Kier alpha value is 2.04. The average Bonchev–Trinajstić information content (AvgIpc) is 1.39. The molecule has 0 aliphatic carbocycles. The second-order valence-electron chi connectivity index (χ2n) is 0.931. The number of hydrogen-bond acceptors (Lipinski definition) is 0. The Morgan fingerprint density at radius 2 is 1.20 bits per heavy atom. The monoisotopic (exact) mass is 246 g/mol. The zero-order chi connectivity index (χ0) is 5.41. The minimum atomic E-state index is 0. The van der Waals surface area contributed by atoms with Crippen LogP contribution in [0.15, 0.2) is 6.58 Å². The van der Waals surface area contributed by atoms with Crippen LogP contribution in [0.5, 0.6) is 0 Å². The van der Waals surface area contributed by atoms with E-state index in [-0.39, 0.29) is 75.5 Å². The fourth-order valence-electron chi connectivity index (χ4n) is 0. The summed E-state index contributed by atoms with van der Waals surface area (Å²) < 4.78 is 0. The van der Waals surface area contributed by atoms with Gasteiger partial charge in [0.25, 0.3) is 0 Å². The molecule has 0 rings (SSSR count). The van der Waals surface area contributed by atoms with Crippen LogP contribution in [-0.4, -0.2) is 46.1 Å². The summed E-state index contributed by atoms with van der Waals surface area (Å²) in [5.74, 6) is 0. The molecule has 0 saturated carbocycles. The number of allylic oxidation sites excluding steroid dienone is 1. The molecule has 0 spiro atoms. The maximum atomic E-state index is 3.24. The van der Waals surface area contributed by atoms with E-state index in [4.69, 9.17) is 0 Å². The molecule has 54 valence electrons. The fraction of sp³-hybridized carbons (Fsp3) is 0.500. The van der Waals surface area contributed by atoms with Crippen molar-refractivity contribution < 1.29 is 29.4 Å². The van der Waals surface area contributed by atoms with E-state index in [0.717, 1.165) is 0 Å². The van der Waals surface area contributed by atoms with E-state index in [0.29, 0.717) is 0 Å². The summed E-state index contributed by atoms with van der Waals surface area (Å²) in [6.07, 6.45) is 4.50. The largest absolute Gasteiger partial charge is 2.00 e. The molecule has 0 aromatic carbocycles. The van der Waals surface area contributed by atoms with Crippen LogP contribution >= 0.6 is 0 Å². The van der Waals surface area contributed by atoms with Crippen molar-refractivity contribution in [2.45, 2.75) is 20.8 Å². The zero-order valence-corrected chi connectivity index (χ0v) is 12.1. The van der Waals surface area contributed by atoms with Crippen LogP contribution in [0.1, 0.15) is 20.8 Å². The van der Waals surface area contributed by atoms with Crippen LogP contribution in [0.2, 0.25) is 0 Å². The van der Waals surface area contributed by atoms with Crippen LogP contribution in [0, 0.1) is 12.5 Å². The van der Waals surface area contributed by atoms with Crippen LogP contribution in [0.25, 0.3) is 0 Å². The van der Waals surface area contributed by atoms with E-state index in [9.17, 15) is 0 Å². The van der Waals surface area contributed by atoms with Crippen molar-refractivity contribution in [3.05, 3.63) is 19.1 Å². The first-order chi connectivity index (χ1) is 2.83. The summed E-state index contributed by atoms with van der Waals surface area (Å²) in [7, 11) is 0. The van der Waals surface area contributed by atoms with Gasteiger partial charge in [0.15, 0.2) is 0 Å². The van der Waals surface area contributed by atoms with Gasteiger partial charge in [-0.3, -0.25) is 6.58 Å². The molecule has 4 heteroatoms. The van der Waals surface area contributed by atoms with E-state index in [1.54, 1.807) is 6.92 Å². The summed E-state index contributed by atoms with van der Waals surface area (Å²) >= 11 is 0. The molecular formula is C6H12BrClMg2. The molecule has 0 unspecified atom stereocenters. The third kappa shape index (κ3) is 197. The maximum absolute atomic E-state index is 3.24. The summed E-state index contributed by atoms with van der Waals surface area (Å²) in [4.78, 5) is 0. The Morgan fingerprint density at radius 1 is 1.20 bits per heavy atom. The predicted molar refractivity (Wildman–Crippen MR) is 41.7 cm³/mol. The first-order valence-electron chi connectivity index (χ1n) is 2.01. The Kier molecular flexibility index (Phi) is 274. The molecule has 0 aromatic rings. The van der Waals surface area contributed by atoms with Gasteiger partial charge >= 0.3 is 46.1 Å². The molecule has 0 fully saturated rings. The van der Waals surface area contributed by atoms with Gasteiger partial charge < -0.3 is 41.9 Å². The molecule has 0 nitrogen and oxygen atoms in total. The standard InChI is InChI=1S/C3H7.C3H5.BrH.ClH.2Mg/c2*1-3-2;;;;/h3H,1-2H3;1H2,2H3;2*1H;;/q2*-1;;;2*+2/p-2. The van der Waals surface area contributed by atoms with Gasteiger partial charge in [0.05, 0.1) is 0 Å². The van der Waals surface area contributed by atoms with Crippen molar-refractivity contribution in [1.29, 1.82) is 0 Å². The zero-order valence-electron chi connectivity index (χ0n) is 6.95. The smallest absolute Gasteiger partial charge is 1.00 e. The van der Waals surface area contributed by atoms with Gasteiger partial charge in [-0.2, -0.15) is 20.8 Å². The van der Waals surface area contributed by atoms with Crippen LogP contribution in [0.3, 0.4) is 0 Å². The van der Waals surface area contributed by atoms with E-state index >= 15 is 0 Å². The second kappa shape index (κ2) is 68.1.